The zero-order valence-corrected chi connectivity index (χ0v) is 19.7. The summed E-state index contributed by atoms with van der Waals surface area (Å²) >= 11 is 0. The molecule has 0 spiro atoms. The molecule has 1 unspecified atom stereocenters. The van der Waals surface area contributed by atoms with Crippen LogP contribution >= 0.6 is 24.0 Å². The van der Waals surface area contributed by atoms with E-state index in [1.807, 2.05) is 31.2 Å². The van der Waals surface area contributed by atoms with Gasteiger partial charge in [0.05, 0.1) is 13.7 Å². The van der Waals surface area contributed by atoms with E-state index in [1.165, 1.54) is 7.11 Å². The van der Waals surface area contributed by atoms with E-state index in [4.69, 9.17) is 0 Å². The van der Waals surface area contributed by atoms with Gasteiger partial charge in [-0.25, -0.2) is 9.79 Å². The topological polar surface area (TPSA) is 95.0 Å². The molecule has 1 aromatic carbocycles. The van der Waals surface area contributed by atoms with Gasteiger partial charge in [0.2, 0.25) is 0 Å². The van der Waals surface area contributed by atoms with E-state index >= 15 is 0 Å². The Bertz CT molecular complexity index is 579. The van der Waals surface area contributed by atoms with Gasteiger partial charge < -0.3 is 20.5 Å². The normalized spacial score (nSPS) is 12.1. The Hall–Kier alpha value is -1.55. The largest absolute Gasteiger partial charge is 0.453 e. The molecule has 28 heavy (non-hydrogen) atoms. The molecule has 0 heterocycles. The van der Waals surface area contributed by atoms with E-state index in [-0.39, 0.29) is 30.6 Å². The number of amides is 1. The predicted octanol–water partition coefficient (Wildman–Crippen LogP) is 3.58. The lowest BCUT2D eigenvalue weighted by Gasteiger charge is -2.20. The van der Waals surface area contributed by atoms with Crippen LogP contribution in [0.3, 0.4) is 0 Å². The van der Waals surface area contributed by atoms with Gasteiger partial charge in [-0.15, -0.1) is 24.0 Å². The summed E-state index contributed by atoms with van der Waals surface area (Å²) in [4.78, 5) is 15.8. The summed E-state index contributed by atoms with van der Waals surface area (Å²) in [7, 11) is 1.33. The minimum Gasteiger partial charge on any atom is -0.453 e. The second-order valence-corrected chi connectivity index (χ2v) is 6.90. The Labute approximate surface area is 185 Å². The number of aliphatic hydroxyl groups is 1. The van der Waals surface area contributed by atoms with Gasteiger partial charge in [0, 0.05) is 25.4 Å². The smallest absolute Gasteiger partial charge is 0.411 e. The third-order valence-electron chi connectivity index (χ3n) is 4.05. The first-order valence-corrected chi connectivity index (χ1v) is 9.55. The molecule has 1 atom stereocenters. The molecule has 0 saturated carbocycles. The molecule has 0 fully saturated rings. The number of ether oxygens (including phenoxy) is 1. The molecule has 0 aromatic heterocycles. The summed E-state index contributed by atoms with van der Waals surface area (Å²) in [5.74, 6) is 1.78. The van der Waals surface area contributed by atoms with E-state index < -0.39 is 6.09 Å². The zero-order chi connectivity index (χ0) is 20.1. The third-order valence-corrected chi connectivity index (χ3v) is 4.05. The summed E-state index contributed by atoms with van der Waals surface area (Å²) in [5, 5.41) is 18.5. The average molecular weight is 506 g/mol. The number of aliphatic hydroxyl groups excluding tert-OH is 1. The van der Waals surface area contributed by atoms with Crippen molar-refractivity contribution in [1.82, 2.24) is 10.6 Å². The van der Waals surface area contributed by atoms with Gasteiger partial charge in [-0.1, -0.05) is 26.0 Å². The van der Waals surface area contributed by atoms with E-state index in [9.17, 15) is 9.90 Å². The summed E-state index contributed by atoms with van der Waals surface area (Å²) in [6.07, 6.45) is 1.37. The van der Waals surface area contributed by atoms with Crippen LogP contribution in [0.5, 0.6) is 0 Å². The van der Waals surface area contributed by atoms with Crippen molar-refractivity contribution in [1.29, 1.82) is 0 Å². The SMILES string of the molecule is CCNC(=NCc1ccc(NC(=O)OC)cc1)NCC(CCO)CC(C)C.I. The number of hydrogen-bond donors (Lipinski definition) is 4. The molecule has 8 heteroatoms. The summed E-state index contributed by atoms with van der Waals surface area (Å²) in [6.45, 7) is 8.73. The number of methoxy groups -OCH3 is 1. The fourth-order valence-corrected chi connectivity index (χ4v) is 2.77. The maximum atomic E-state index is 11.2. The molecule has 0 bridgehead atoms. The van der Waals surface area contributed by atoms with Crippen molar-refractivity contribution in [2.75, 3.05) is 32.1 Å². The quantitative estimate of drug-likeness (QED) is 0.221. The molecule has 1 amide bonds. The van der Waals surface area contributed by atoms with E-state index in [0.717, 1.165) is 37.5 Å². The number of rotatable bonds is 10. The molecule has 160 valence electrons. The highest BCUT2D eigenvalue weighted by Crippen LogP contribution is 2.14. The van der Waals surface area contributed by atoms with Gasteiger partial charge in [0.15, 0.2) is 5.96 Å². The van der Waals surface area contributed by atoms with Crippen LogP contribution in [0.2, 0.25) is 0 Å². The fraction of sp³-hybridized carbons (Fsp3) is 0.600. The van der Waals surface area contributed by atoms with Gasteiger partial charge in [-0.2, -0.15) is 0 Å². The molecule has 0 aliphatic heterocycles. The fourth-order valence-electron chi connectivity index (χ4n) is 2.77. The minimum absolute atomic E-state index is 0. The van der Waals surface area contributed by atoms with E-state index in [0.29, 0.717) is 24.1 Å². The zero-order valence-electron chi connectivity index (χ0n) is 17.3. The van der Waals surface area contributed by atoms with Crippen molar-refractivity contribution >= 4 is 41.7 Å². The van der Waals surface area contributed by atoms with Crippen LogP contribution in [0.15, 0.2) is 29.3 Å². The molecule has 7 nitrogen and oxygen atoms in total. The third kappa shape index (κ3) is 11.3. The van der Waals surface area contributed by atoms with Crippen LogP contribution in [-0.2, 0) is 11.3 Å². The minimum atomic E-state index is -0.488. The van der Waals surface area contributed by atoms with Crippen molar-refractivity contribution in [3.05, 3.63) is 29.8 Å². The second-order valence-electron chi connectivity index (χ2n) is 6.90. The standard InChI is InChI=1S/C20H34N4O3.HI/c1-5-21-19(23-14-17(10-11-25)12-15(2)3)22-13-16-6-8-18(9-7-16)24-20(26)27-4;/h6-9,15,17,25H,5,10-14H2,1-4H3,(H,24,26)(H2,21,22,23);1H. The summed E-state index contributed by atoms with van der Waals surface area (Å²) < 4.78 is 4.57. The van der Waals surface area contributed by atoms with Crippen LogP contribution < -0.4 is 16.0 Å². The van der Waals surface area contributed by atoms with Crippen molar-refractivity contribution in [3.63, 3.8) is 0 Å². The van der Waals surface area contributed by atoms with Gasteiger partial charge in [0.25, 0.3) is 0 Å². The number of aliphatic imine (C=N–C) groups is 1. The van der Waals surface area contributed by atoms with Crippen molar-refractivity contribution < 1.29 is 14.6 Å². The Morgan fingerprint density at radius 2 is 1.89 bits per heavy atom. The molecule has 4 N–H and O–H groups in total. The Morgan fingerprint density at radius 3 is 2.43 bits per heavy atom. The van der Waals surface area contributed by atoms with E-state index in [2.05, 4.69) is 39.5 Å². The molecule has 1 aromatic rings. The first-order chi connectivity index (χ1) is 13.0. The van der Waals surface area contributed by atoms with Gasteiger partial charge in [-0.3, -0.25) is 5.32 Å². The van der Waals surface area contributed by atoms with Crippen molar-refractivity contribution in [3.8, 4) is 0 Å². The maximum Gasteiger partial charge on any atom is 0.411 e. The monoisotopic (exact) mass is 506 g/mol. The van der Waals surface area contributed by atoms with Crippen LogP contribution in [0, 0.1) is 11.8 Å². The van der Waals surface area contributed by atoms with Crippen molar-refractivity contribution in [2.24, 2.45) is 16.8 Å². The number of halogens is 1. The lowest BCUT2D eigenvalue weighted by molar-refractivity contribution is 0.187. The van der Waals surface area contributed by atoms with Crippen molar-refractivity contribution in [2.45, 2.75) is 40.2 Å². The lowest BCUT2D eigenvalue weighted by Crippen LogP contribution is -2.40. The Balaban J connectivity index is 0.00000729. The van der Waals surface area contributed by atoms with Gasteiger partial charge >= 0.3 is 6.09 Å². The number of anilines is 1. The Kier molecular flexibility index (Phi) is 14.5. The number of carbonyl (C=O) groups excluding carboxylic acids is 1. The highest BCUT2D eigenvalue weighted by molar-refractivity contribution is 14.0. The maximum absolute atomic E-state index is 11.2. The van der Waals surface area contributed by atoms with E-state index in [1.54, 1.807) is 0 Å². The Morgan fingerprint density at radius 1 is 1.21 bits per heavy atom. The highest BCUT2D eigenvalue weighted by atomic mass is 127. The molecule has 0 saturated heterocycles. The summed E-state index contributed by atoms with van der Waals surface area (Å²) in [5.41, 5.74) is 1.72. The number of benzene rings is 1. The number of guanidine groups is 1. The number of carbonyl (C=O) groups is 1. The highest BCUT2D eigenvalue weighted by Gasteiger charge is 2.11. The van der Waals surface area contributed by atoms with Crippen LogP contribution in [0.25, 0.3) is 0 Å². The van der Waals surface area contributed by atoms with Crippen LogP contribution in [0.1, 0.15) is 39.2 Å². The second kappa shape index (κ2) is 15.4. The molecular formula is C20H35IN4O3. The first kappa shape index (κ1) is 26.4. The van der Waals surface area contributed by atoms with Gasteiger partial charge in [0.1, 0.15) is 0 Å². The molecule has 0 radical (unpaired) electrons. The first-order valence-electron chi connectivity index (χ1n) is 9.55. The van der Waals surface area contributed by atoms with Gasteiger partial charge in [-0.05, 0) is 49.3 Å². The number of nitrogens with one attached hydrogen (secondary N) is 3. The molecule has 0 aliphatic carbocycles. The average Bonchev–Trinajstić information content (AvgIpc) is 2.64. The number of hydrogen-bond acceptors (Lipinski definition) is 4. The molecule has 0 aliphatic rings. The molecule has 1 rings (SSSR count). The predicted molar refractivity (Wildman–Crippen MR) is 125 cm³/mol. The molecular weight excluding hydrogens is 471 g/mol. The number of nitrogens with zero attached hydrogens (tertiary/aromatic N) is 1. The van der Waals surface area contributed by atoms with Crippen LogP contribution in [0.4, 0.5) is 10.5 Å². The van der Waals surface area contributed by atoms with Crippen LogP contribution in [-0.4, -0.2) is 44.0 Å². The lowest BCUT2D eigenvalue weighted by atomic mass is 9.94. The summed E-state index contributed by atoms with van der Waals surface area (Å²) in [6, 6.07) is 7.49.